The summed E-state index contributed by atoms with van der Waals surface area (Å²) in [4.78, 5) is 3.34. The number of fused-ring (bicyclic) bond motifs is 1. The monoisotopic (exact) mass is 254 g/mol. The summed E-state index contributed by atoms with van der Waals surface area (Å²) in [5.41, 5.74) is 5.00. The number of H-pyrrole nitrogens is 2. The van der Waals surface area contributed by atoms with E-state index in [0.717, 1.165) is 25.2 Å². The first-order valence-electron chi connectivity index (χ1n) is 6.58. The van der Waals surface area contributed by atoms with Crippen LogP contribution in [-0.2, 0) is 13.0 Å². The third kappa shape index (κ3) is 2.69. The van der Waals surface area contributed by atoms with Gasteiger partial charge in [0.1, 0.15) is 0 Å². The van der Waals surface area contributed by atoms with Gasteiger partial charge in [-0.05, 0) is 43.1 Å². The fraction of sp³-hybridized carbons (Fsp3) is 0.267. The van der Waals surface area contributed by atoms with Gasteiger partial charge in [0.2, 0.25) is 0 Å². The Morgan fingerprint density at radius 3 is 3.05 bits per heavy atom. The van der Waals surface area contributed by atoms with Gasteiger partial charge in [0.05, 0.1) is 0 Å². The number of benzene rings is 1. The molecule has 0 saturated carbocycles. The first kappa shape index (κ1) is 12.0. The Labute approximate surface area is 112 Å². The van der Waals surface area contributed by atoms with Gasteiger partial charge in [0.25, 0.3) is 0 Å². The van der Waals surface area contributed by atoms with Crippen LogP contribution in [0.3, 0.4) is 0 Å². The van der Waals surface area contributed by atoms with Gasteiger partial charge < -0.3 is 10.3 Å². The van der Waals surface area contributed by atoms with E-state index in [0.29, 0.717) is 0 Å². The van der Waals surface area contributed by atoms with Crippen molar-refractivity contribution in [2.45, 2.75) is 19.9 Å². The van der Waals surface area contributed by atoms with Crippen molar-refractivity contribution in [1.29, 1.82) is 0 Å². The van der Waals surface area contributed by atoms with E-state index in [1.54, 1.807) is 6.20 Å². The molecule has 98 valence electrons. The standard InChI is InChI=1S/C15H18N4/c1-11-2-3-14-12(9-17-15(14)8-11)4-6-16-10-13-5-7-18-19-13/h2-3,5,7-9,16-17H,4,6,10H2,1H3,(H,18,19). The molecule has 0 aliphatic carbocycles. The summed E-state index contributed by atoms with van der Waals surface area (Å²) in [7, 11) is 0. The third-order valence-corrected chi connectivity index (χ3v) is 3.37. The lowest BCUT2D eigenvalue weighted by molar-refractivity contribution is 0.674. The fourth-order valence-electron chi connectivity index (χ4n) is 2.34. The first-order valence-corrected chi connectivity index (χ1v) is 6.58. The van der Waals surface area contributed by atoms with E-state index in [1.807, 2.05) is 6.07 Å². The van der Waals surface area contributed by atoms with Crippen molar-refractivity contribution >= 4 is 10.9 Å². The zero-order valence-electron chi connectivity index (χ0n) is 11.0. The number of rotatable bonds is 5. The average Bonchev–Trinajstić information content (AvgIpc) is 3.03. The molecule has 0 radical (unpaired) electrons. The number of nitrogens with zero attached hydrogens (tertiary/aromatic N) is 1. The molecule has 0 aliphatic rings. The Balaban J connectivity index is 1.59. The van der Waals surface area contributed by atoms with Crippen LogP contribution in [0.2, 0.25) is 0 Å². The van der Waals surface area contributed by atoms with Crippen molar-refractivity contribution in [2.24, 2.45) is 0 Å². The Bertz CT molecular complexity index is 652. The molecule has 2 aromatic heterocycles. The maximum atomic E-state index is 3.93. The number of aromatic nitrogens is 3. The summed E-state index contributed by atoms with van der Waals surface area (Å²) < 4.78 is 0. The summed E-state index contributed by atoms with van der Waals surface area (Å²) in [6.07, 6.45) is 4.91. The van der Waals surface area contributed by atoms with Gasteiger partial charge >= 0.3 is 0 Å². The molecule has 0 amide bonds. The molecule has 3 rings (SSSR count). The molecule has 19 heavy (non-hydrogen) atoms. The van der Waals surface area contributed by atoms with Gasteiger partial charge in [-0.2, -0.15) is 5.10 Å². The summed E-state index contributed by atoms with van der Waals surface area (Å²) in [5.74, 6) is 0. The molecule has 3 aromatic rings. The molecular weight excluding hydrogens is 236 g/mol. The van der Waals surface area contributed by atoms with Crippen molar-refractivity contribution in [3.8, 4) is 0 Å². The fourth-order valence-corrected chi connectivity index (χ4v) is 2.34. The Hall–Kier alpha value is -2.07. The minimum atomic E-state index is 0.835. The number of nitrogens with one attached hydrogen (secondary N) is 3. The van der Waals surface area contributed by atoms with Gasteiger partial charge in [-0.3, -0.25) is 5.10 Å². The molecular formula is C15H18N4. The quantitative estimate of drug-likeness (QED) is 0.613. The maximum Gasteiger partial charge on any atom is 0.0490 e. The van der Waals surface area contributed by atoms with E-state index in [9.17, 15) is 0 Å². The third-order valence-electron chi connectivity index (χ3n) is 3.37. The smallest absolute Gasteiger partial charge is 0.0490 e. The summed E-state index contributed by atoms with van der Waals surface area (Å²) in [6, 6.07) is 8.54. The average molecular weight is 254 g/mol. The summed E-state index contributed by atoms with van der Waals surface area (Å²) in [6.45, 7) is 3.91. The highest BCUT2D eigenvalue weighted by Crippen LogP contribution is 2.19. The minimum absolute atomic E-state index is 0.835. The van der Waals surface area contributed by atoms with Crippen LogP contribution in [0.5, 0.6) is 0 Å². The molecule has 0 aliphatic heterocycles. The van der Waals surface area contributed by atoms with E-state index in [2.05, 4.69) is 51.8 Å². The van der Waals surface area contributed by atoms with Gasteiger partial charge in [-0.25, -0.2) is 0 Å². The molecule has 0 fully saturated rings. The number of hydrogen-bond donors (Lipinski definition) is 3. The number of hydrogen-bond acceptors (Lipinski definition) is 2. The molecule has 0 unspecified atom stereocenters. The van der Waals surface area contributed by atoms with Crippen molar-refractivity contribution in [1.82, 2.24) is 20.5 Å². The Kier molecular flexibility index (Phi) is 3.33. The van der Waals surface area contributed by atoms with Gasteiger partial charge in [0.15, 0.2) is 0 Å². The van der Waals surface area contributed by atoms with Crippen LogP contribution in [0, 0.1) is 6.92 Å². The molecule has 4 heteroatoms. The lowest BCUT2D eigenvalue weighted by atomic mass is 10.1. The molecule has 1 aromatic carbocycles. The van der Waals surface area contributed by atoms with E-state index < -0.39 is 0 Å². The van der Waals surface area contributed by atoms with Crippen molar-refractivity contribution in [3.05, 3.63) is 53.5 Å². The SMILES string of the molecule is Cc1ccc2c(CCNCc3ccn[nH]3)c[nH]c2c1. The second kappa shape index (κ2) is 5.28. The maximum absolute atomic E-state index is 3.93. The predicted octanol–water partition coefficient (Wildman–Crippen LogP) is 2.53. The van der Waals surface area contributed by atoms with E-state index in [4.69, 9.17) is 0 Å². The molecule has 0 bridgehead atoms. The normalized spacial score (nSPS) is 11.2. The highest BCUT2D eigenvalue weighted by Gasteiger charge is 2.03. The predicted molar refractivity (Wildman–Crippen MR) is 77.0 cm³/mol. The van der Waals surface area contributed by atoms with Crippen LogP contribution in [0.1, 0.15) is 16.8 Å². The van der Waals surface area contributed by atoms with Crippen LogP contribution in [0.15, 0.2) is 36.7 Å². The van der Waals surface area contributed by atoms with E-state index in [1.165, 1.54) is 22.0 Å². The van der Waals surface area contributed by atoms with Gasteiger partial charge in [-0.15, -0.1) is 0 Å². The minimum Gasteiger partial charge on any atom is -0.361 e. The zero-order valence-corrected chi connectivity index (χ0v) is 11.0. The first-order chi connectivity index (χ1) is 9.33. The lowest BCUT2D eigenvalue weighted by Crippen LogP contribution is -2.16. The molecule has 0 saturated heterocycles. The van der Waals surface area contributed by atoms with Crippen molar-refractivity contribution < 1.29 is 0 Å². The largest absolute Gasteiger partial charge is 0.361 e. The van der Waals surface area contributed by atoms with E-state index >= 15 is 0 Å². The zero-order chi connectivity index (χ0) is 13.1. The topological polar surface area (TPSA) is 56.5 Å². The Morgan fingerprint density at radius 2 is 2.21 bits per heavy atom. The number of aromatic amines is 2. The Morgan fingerprint density at radius 1 is 1.26 bits per heavy atom. The van der Waals surface area contributed by atoms with E-state index in [-0.39, 0.29) is 0 Å². The van der Waals surface area contributed by atoms with Gasteiger partial charge in [-0.1, -0.05) is 12.1 Å². The van der Waals surface area contributed by atoms with Crippen molar-refractivity contribution in [3.63, 3.8) is 0 Å². The molecule has 0 spiro atoms. The molecule has 4 nitrogen and oxygen atoms in total. The van der Waals surface area contributed by atoms with Crippen LogP contribution >= 0.6 is 0 Å². The summed E-state index contributed by atoms with van der Waals surface area (Å²) >= 11 is 0. The van der Waals surface area contributed by atoms with Crippen LogP contribution < -0.4 is 5.32 Å². The molecule has 3 N–H and O–H groups in total. The lowest BCUT2D eigenvalue weighted by Gasteiger charge is -2.02. The summed E-state index contributed by atoms with van der Waals surface area (Å²) in [5, 5.41) is 11.6. The van der Waals surface area contributed by atoms with Crippen LogP contribution in [0.4, 0.5) is 0 Å². The van der Waals surface area contributed by atoms with Gasteiger partial charge in [0, 0.05) is 35.5 Å². The second-order valence-corrected chi connectivity index (χ2v) is 4.87. The highest BCUT2D eigenvalue weighted by atomic mass is 15.1. The van der Waals surface area contributed by atoms with Crippen molar-refractivity contribution in [2.75, 3.05) is 6.54 Å². The molecule has 0 atom stereocenters. The molecule has 2 heterocycles. The second-order valence-electron chi connectivity index (χ2n) is 4.87. The highest BCUT2D eigenvalue weighted by molar-refractivity contribution is 5.83. The van der Waals surface area contributed by atoms with Crippen LogP contribution in [-0.4, -0.2) is 21.7 Å². The number of aryl methyl sites for hydroxylation is 1. The van der Waals surface area contributed by atoms with Crippen LogP contribution in [0.25, 0.3) is 10.9 Å².